The van der Waals surface area contributed by atoms with Gasteiger partial charge in [-0.1, -0.05) is 18.2 Å². The van der Waals surface area contributed by atoms with E-state index in [-0.39, 0.29) is 17.7 Å². The van der Waals surface area contributed by atoms with Crippen molar-refractivity contribution in [2.45, 2.75) is 11.9 Å². The van der Waals surface area contributed by atoms with Crippen molar-refractivity contribution in [3.63, 3.8) is 0 Å². The lowest BCUT2D eigenvalue weighted by Crippen LogP contribution is -2.53. The highest BCUT2D eigenvalue weighted by atomic mass is 32.2. The Morgan fingerprint density at radius 2 is 1.75 bits per heavy atom. The van der Waals surface area contributed by atoms with Crippen molar-refractivity contribution >= 4 is 21.6 Å². The Kier molecular flexibility index (Phi) is 4.16. The summed E-state index contributed by atoms with van der Waals surface area (Å²) in [5.74, 6) is -0.762. The predicted molar refractivity (Wildman–Crippen MR) is 68.0 cm³/mol. The molecule has 0 radical (unpaired) electrons. The van der Waals surface area contributed by atoms with Crippen molar-refractivity contribution in [3.8, 4) is 0 Å². The van der Waals surface area contributed by atoms with E-state index >= 15 is 0 Å². The number of primary amides is 1. The maximum absolute atomic E-state index is 12.7. The fourth-order valence-electron chi connectivity index (χ4n) is 1.76. The van der Waals surface area contributed by atoms with E-state index in [1.807, 2.05) is 0 Å². The van der Waals surface area contributed by atoms with E-state index in [1.165, 1.54) is 24.3 Å². The van der Waals surface area contributed by atoms with Crippen LogP contribution in [0.4, 0.5) is 18.9 Å². The number of alkyl halides is 3. The number of para-hydroxylation sites is 1. The molecule has 0 bridgehead atoms. The lowest BCUT2D eigenvalue weighted by Gasteiger charge is -2.29. The third kappa shape index (κ3) is 2.78. The molecule has 1 aromatic carbocycles. The van der Waals surface area contributed by atoms with E-state index in [2.05, 4.69) is 0 Å². The quantitative estimate of drug-likeness (QED) is 0.847. The molecule has 0 atom stereocenters. The predicted octanol–water partition coefficient (Wildman–Crippen LogP) is 1.13. The van der Waals surface area contributed by atoms with E-state index in [0.717, 1.165) is 14.1 Å². The fourth-order valence-corrected chi connectivity index (χ4v) is 2.72. The minimum Gasteiger partial charge on any atom is -0.369 e. The molecule has 20 heavy (non-hydrogen) atoms. The summed E-state index contributed by atoms with van der Waals surface area (Å²) < 4.78 is 60.0. The largest absolute Gasteiger partial charge is 0.549 e. The lowest BCUT2D eigenvalue weighted by atomic mass is 10.1. The smallest absolute Gasteiger partial charge is 0.369 e. The summed E-state index contributed by atoms with van der Waals surface area (Å²) in [5.41, 5.74) is -0.405. The van der Waals surface area contributed by atoms with Gasteiger partial charge in [-0.05, 0) is 0 Å². The minimum absolute atomic E-state index is 0.137. The molecule has 9 heteroatoms. The highest BCUT2D eigenvalue weighted by Crippen LogP contribution is 2.36. The molecule has 0 aliphatic rings. The van der Waals surface area contributed by atoms with Crippen molar-refractivity contribution in [2.75, 3.05) is 14.1 Å². The Hall–Kier alpha value is -1.61. The minimum atomic E-state index is -5.50. The van der Waals surface area contributed by atoms with Crippen molar-refractivity contribution in [3.05, 3.63) is 29.8 Å². The van der Waals surface area contributed by atoms with Crippen LogP contribution >= 0.6 is 0 Å². The average Bonchev–Trinajstić information content (AvgIpc) is 2.26. The van der Waals surface area contributed by atoms with Gasteiger partial charge in [0.15, 0.2) is 5.69 Å². The van der Waals surface area contributed by atoms with Crippen LogP contribution in [0.25, 0.3) is 0 Å². The third-order valence-electron chi connectivity index (χ3n) is 2.83. The zero-order chi connectivity index (χ0) is 15.8. The second-order valence-corrected chi connectivity index (χ2v) is 6.87. The molecule has 0 unspecified atom stereocenters. The molecule has 112 valence electrons. The van der Waals surface area contributed by atoms with Crippen LogP contribution in [0, 0.1) is 0 Å². The second-order valence-electron chi connectivity index (χ2n) is 4.54. The molecule has 0 aliphatic carbocycles. The van der Waals surface area contributed by atoms with Crippen molar-refractivity contribution in [1.82, 2.24) is 3.89 Å². The molecule has 2 N–H and O–H groups in total. The molecule has 0 fully saturated rings. The molecule has 1 rings (SSSR count). The molecule has 0 aliphatic heterocycles. The lowest BCUT2D eigenvalue weighted by molar-refractivity contribution is -0.117. The maximum atomic E-state index is 12.7. The van der Waals surface area contributed by atoms with Gasteiger partial charge in [-0.25, -0.2) is 0 Å². The van der Waals surface area contributed by atoms with Gasteiger partial charge in [0, 0.05) is 11.6 Å². The second kappa shape index (κ2) is 5.06. The van der Waals surface area contributed by atoms with Gasteiger partial charge < -0.3 is 5.73 Å². The van der Waals surface area contributed by atoms with E-state index in [4.69, 9.17) is 5.73 Å². The normalized spacial score (nSPS) is 13.2. The van der Waals surface area contributed by atoms with Gasteiger partial charge in [-0.2, -0.15) is 25.5 Å². The van der Waals surface area contributed by atoms with Gasteiger partial charge in [-0.3, -0.25) is 4.79 Å². The Morgan fingerprint density at radius 1 is 1.25 bits per heavy atom. The van der Waals surface area contributed by atoms with Gasteiger partial charge in [0.25, 0.3) is 0 Å². The van der Waals surface area contributed by atoms with Gasteiger partial charge in [0.2, 0.25) is 5.91 Å². The zero-order valence-corrected chi connectivity index (χ0v) is 11.6. The highest BCUT2D eigenvalue weighted by molar-refractivity contribution is 7.91. The van der Waals surface area contributed by atoms with Crippen molar-refractivity contribution in [2.24, 2.45) is 5.73 Å². The number of quaternary nitrogens is 1. The molecule has 0 saturated carbocycles. The Bertz CT molecular complexity index is 624. The summed E-state index contributed by atoms with van der Waals surface area (Å²) in [5, 5.41) is 0. The van der Waals surface area contributed by atoms with E-state index < -0.39 is 25.3 Å². The van der Waals surface area contributed by atoms with Crippen LogP contribution in [0.15, 0.2) is 24.3 Å². The van der Waals surface area contributed by atoms with Crippen LogP contribution in [-0.2, 0) is 21.2 Å². The maximum Gasteiger partial charge on any atom is 0.549 e. The molecular weight excluding hydrogens is 297 g/mol. The molecule has 1 aromatic rings. The highest BCUT2D eigenvalue weighted by Gasteiger charge is 2.58. The molecule has 0 aromatic heterocycles. The van der Waals surface area contributed by atoms with Crippen molar-refractivity contribution in [1.29, 1.82) is 0 Å². The fraction of sp³-hybridized carbons (Fsp3) is 0.364. The first-order valence-corrected chi connectivity index (χ1v) is 6.87. The number of carbonyl (C=O) groups is 1. The summed E-state index contributed by atoms with van der Waals surface area (Å²) in [4.78, 5) is 10.9. The zero-order valence-electron chi connectivity index (χ0n) is 10.8. The summed E-state index contributed by atoms with van der Waals surface area (Å²) >= 11 is 0. The van der Waals surface area contributed by atoms with Crippen LogP contribution in [-0.4, -0.2) is 33.9 Å². The van der Waals surface area contributed by atoms with Gasteiger partial charge in [0.05, 0.1) is 20.5 Å². The topological polar surface area (TPSA) is 77.2 Å². The molecule has 0 spiro atoms. The number of hydrogen-bond acceptors (Lipinski definition) is 3. The summed E-state index contributed by atoms with van der Waals surface area (Å²) in [7, 11) is -3.72. The summed E-state index contributed by atoms with van der Waals surface area (Å²) in [6.45, 7) is 0. The number of carbonyl (C=O) groups excluding carboxylic acids is 1. The number of nitrogens with two attached hydrogens (primary N) is 1. The first-order chi connectivity index (χ1) is 8.91. The molecular formula is C11H14F3N2O3S+. The van der Waals surface area contributed by atoms with Gasteiger partial charge in [-0.15, -0.1) is 0 Å². The average molecular weight is 311 g/mol. The standard InChI is InChI=1S/C11H13F3N2O3S/c1-16(2,20(18,19)11(12,13)14)9-6-4-3-5-8(9)7-10(15)17/h3-6H,7H2,1-2H3,(H-,15,17)/p+1. The summed E-state index contributed by atoms with van der Waals surface area (Å²) in [6, 6.07) is 5.47. The number of hydrogen-bond donors (Lipinski definition) is 1. The van der Waals surface area contributed by atoms with Crippen LogP contribution in [0.5, 0.6) is 0 Å². The monoisotopic (exact) mass is 311 g/mol. The number of amides is 1. The molecule has 0 saturated heterocycles. The summed E-state index contributed by atoms with van der Waals surface area (Å²) in [6.07, 6.45) is -0.342. The number of benzene rings is 1. The van der Waals surface area contributed by atoms with Crippen LogP contribution in [0.3, 0.4) is 0 Å². The van der Waals surface area contributed by atoms with E-state index in [1.54, 1.807) is 0 Å². The molecule has 5 nitrogen and oxygen atoms in total. The third-order valence-corrected chi connectivity index (χ3v) is 4.81. The first kappa shape index (κ1) is 16.4. The van der Waals surface area contributed by atoms with E-state index in [0.29, 0.717) is 0 Å². The van der Waals surface area contributed by atoms with Gasteiger partial charge in [0.1, 0.15) is 0 Å². The van der Waals surface area contributed by atoms with Crippen LogP contribution < -0.4 is 9.62 Å². The van der Waals surface area contributed by atoms with Gasteiger partial charge >= 0.3 is 15.5 Å². The SMILES string of the molecule is C[N+](C)(c1ccccc1CC(N)=O)S(=O)(=O)C(F)(F)F. The number of sulfonamides is 1. The first-order valence-electron chi connectivity index (χ1n) is 5.43. The van der Waals surface area contributed by atoms with E-state index in [9.17, 15) is 26.4 Å². The van der Waals surface area contributed by atoms with Crippen molar-refractivity contribution < 1.29 is 26.4 Å². The molecule has 0 heterocycles. The number of nitrogens with zero attached hydrogens (tertiary/aromatic N) is 1. The van der Waals surface area contributed by atoms with Crippen LogP contribution in [0.1, 0.15) is 5.56 Å². The molecule has 1 amide bonds. The Morgan fingerprint density at radius 3 is 2.20 bits per heavy atom. The number of rotatable bonds is 4. The van der Waals surface area contributed by atoms with Crippen LogP contribution in [0.2, 0.25) is 0 Å². The Balaban J connectivity index is 3.48. The Labute approximate surface area is 114 Å². The number of halogens is 3.